The summed E-state index contributed by atoms with van der Waals surface area (Å²) in [5.74, 6) is 0. The van der Waals surface area contributed by atoms with Gasteiger partial charge in [0.1, 0.15) is 11.2 Å². The van der Waals surface area contributed by atoms with E-state index in [2.05, 4.69) is 0 Å². The quantitative estimate of drug-likeness (QED) is 0.901. The summed E-state index contributed by atoms with van der Waals surface area (Å²) in [6.45, 7) is 5.46. The maximum absolute atomic E-state index is 11.1. The number of carbonyl (C=O) groups excluding carboxylic acids is 1. The molecule has 1 amide bonds. The first-order valence-corrected chi connectivity index (χ1v) is 6.47. The number of carbonyl (C=O) groups is 1. The molecule has 0 saturated carbocycles. The Bertz CT molecular complexity index is 456. The van der Waals surface area contributed by atoms with Crippen LogP contribution in [0, 0.1) is 0 Å². The molecule has 0 aromatic heterocycles. The molecule has 0 saturated heterocycles. The molecule has 0 spiro atoms. The van der Waals surface area contributed by atoms with E-state index < -0.39 is 17.3 Å². The van der Waals surface area contributed by atoms with Crippen molar-refractivity contribution in [2.45, 2.75) is 38.4 Å². The molecule has 1 aromatic rings. The summed E-state index contributed by atoms with van der Waals surface area (Å²) < 4.78 is 11.0. The number of ether oxygens (including phenoxy) is 2. The van der Waals surface area contributed by atoms with Crippen LogP contribution < -0.4 is 5.73 Å². The average Bonchev–Trinajstić information content (AvgIpc) is 2.31. The first-order chi connectivity index (χ1) is 8.80. The molecule has 4 nitrogen and oxygen atoms in total. The Balaban J connectivity index is 3.40. The number of primary amides is 1. The second-order valence-corrected chi connectivity index (χ2v) is 5.20. The van der Waals surface area contributed by atoms with Gasteiger partial charge in [-0.1, -0.05) is 36.7 Å². The van der Waals surface area contributed by atoms with E-state index in [9.17, 15) is 4.79 Å². The highest BCUT2D eigenvalue weighted by Gasteiger charge is 2.49. The summed E-state index contributed by atoms with van der Waals surface area (Å²) in [6, 6.07) is 7.34. The molecule has 0 aliphatic heterocycles. The minimum atomic E-state index is -0.951. The topological polar surface area (TPSA) is 61.6 Å². The first kappa shape index (κ1) is 15.8. The molecule has 1 rings (SSSR count). The summed E-state index contributed by atoms with van der Waals surface area (Å²) in [5.41, 5.74) is 4.11. The van der Waals surface area contributed by atoms with Crippen molar-refractivity contribution in [3.8, 4) is 0 Å². The van der Waals surface area contributed by atoms with E-state index in [1.165, 1.54) is 0 Å². The molecule has 5 heteroatoms. The van der Waals surface area contributed by atoms with E-state index in [0.29, 0.717) is 11.4 Å². The second kappa shape index (κ2) is 5.80. The predicted octanol–water partition coefficient (Wildman–Crippen LogP) is 3.47. The number of rotatable bonds is 5. The molecule has 1 aromatic carbocycles. The number of amides is 1. The molecular weight excluding hydrogens is 266 g/mol. The van der Waals surface area contributed by atoms with E-state index in [-0.39, 0.29) is 0 Å². The number of hydrogen-bond acceptors (Lipinski definition) is 3. The van der Waals surface area contributed by atoms with Gasteiger partial charge in [0.2, 0.25) is 0 Å². The summed E-state index contributed by atoms with van der Waals surface area (Å²) in [5, 5.41) is 0.562. The number of hydrogen-bond donors (Lipinski definition) is 1. The number of benzene rings is 1. The van der Waals surface area contributed by atoms with Crippen LogP contribution in [0.5, 0.6) is 0 Å². The van der Waals surface area contributed by atoms with Crippen molar-refractivity contribution in [1.29, 1.82) is 0 Å². The molecule has 0 bridgehead atoms. The zero-order valence-corrected chi connectivity index (χ0v) is 12.5. The molecule has 0 heterocycles. The molecule has 106 valence electrons. The fourth-order valence-corrected chi connectivity index (χ4v) is 2.85. The number of methoxy groups -OCH3 is 1. The highest BCUT2D eigenvalue weighted by Crippen LogP contribution is 2.44. The van der Waals surface area contributed by atoms with Gasteiger partial charge in [-0.05, 0) is 26.3 Å². The third-order valence-corrected chi connectivity index (χ3v) is 3.81. The van der Waals surface area contributed by atoms with Crippen molar-refractivity contribution >= 4 is 17.7 Å². The molecular formula is C14H20ClNO3. The van der Waals surface area contributed by atoms with Gasteiger partial charge in [-0.15, -0.1) is 0 Å². The summed E-state index contributed by atoms with van der Waals surface area (Å²) >= 11 is 6.26. The predicted molar refractivity (Wildman–Crippen MR) is 75.2 cm³/mol. The van der Waals surface area contributed by atoms with Crippen LogP contribution in [-0.2, 0) is 15.1 Å². The highest BCUT2D eigenvalue weighted by atomic mass is 35.5. The van der Waals surface area contributed by atoms with Crippen molar-refractivity contribution in [1.82, 2.24) is 0 Å². The molecule has 0 radical (unpaired) electrons. The smallest absolute Gasteiger partial charge is 0.405 e. The first-order valence-electron chi connectivity index (χ1n) is 6.09. The minimum Gasteiger partial charge on any atom is -0.440 e. The van der Waals surface area contributed by atoms with E-state index in [1.807, 2.05) is 25.1 Å². The Labute approximate surface area is 118 Å². The lowest BCUT2D eigenvalue weighted by Gasteiger charge is -2.44. The van der Waals surface area contributed by atoms with Gasteiger partial charge in [0, 0.05) is 17.7 Å². The van der Waals surface area contributed by atoms with Gasteiger partial charge < -0.3 is 15.2 Å². The zero-order chi connectivity index (χ0) is 14.7. The van der Waals surface area contributed by atoms with Gasteiger partial charge in [0.15, 0.2) is 0 Å². The van der Waals surface area contributed by atoms with Crippen LogP contribution in [0.2, 0.25) is 5.02 Å². The minimum absolute atomic E-state index is 0.562. The SMILES string of the molecule is CC[C@](OC)(c1ccccc1Cl)C(C)(C)OC(N)=O. The fourth-order valence-electron chi connectivity index (χ4n) is 2.56. The normalized spacial score (nSPS) is 14.8. The van der Waals surface area contributed by atoms with Crippen molar-refractivity contribution < 1.29 is 14.3 Å². The van der Waals surface area contributed by atoms with Crippen molar-refractivity contribution in [3.05, 3.63) is 34.9 Å². The van der Waals surface area contributed by atoms with Gasteiger partial charge in [0.25, 0.3) is 0 Å². The third-order valence-electron chi connectivity index (χ3n) is 3.48. The van der Waals surface area contributed by atoms with Crippen LogP contribution in [0.25, 0.3) is 0 Å². The van der Waals surface area contributed by atoms with Crippen LogP contribution in [0.3, 0.4) is 0 Å². The van der Waals surface area contributed by atoms with Crippen LogP contribution >= 0.6 is 11.6 Å². The van der Waals surface area contributed by atoms with Crippen molar-refractivity contribution in [3.63, 3.8) is 0 Å². The van der Waals surface area contributed by atoms with Crippen LogP contribution in [0.15, 0.2) is 24.3 Å². The van der Waals surface area contributed by atoms with E-state index in [0.717, 1.165) is 5.56 Å². The number of halogens is 1. The second-order valence-electron chi connectivity index (χ2n) is 4.80. The van der Waals surface area contributed by atoms with E-state index in [1.54, 1.807) is 27.0 Å². The van der Waals surface area contributed by atoms with Crippen LogP contribution in [-0.4, -0.2) is 18.8 Å². The maximum Gasteiger partial charge on any atom is 0.405 e. The van der Waals surface area contributed by atoms with Crippen molar-refractivity contribution in [2.24, 2.45) is 5.73 Å². The largest absolute Gasteiger partial charge is 0.440 e. The van der Waals surface area contributed by atoms with Crippen LogP contribution in [0.1, 0.15) is 32.8 Å². The lowest BCUT2D eigenvalue weighted by molar-refractivity contribution is -0.160. The molecule has 0 aliphatic rings. The van der Waals surface area contributed by atoms with Crippen molar-refractivity contribution in [2.75, 3.05) is 7.11 Å². The lowest BCUT2D eigenvalue weighted by atomic mass is 9.77. The Morgan fingerprint density at radius 1 is 1.37 bits per heavy atom. The monoisotopic (exact) mass is 285 g/mol. The summed E-state index contributed by atoms with van der Waals surface area (Å²) in [4.78, 5) is 11.1. The molecule has 0 fully saturated rings. The molecule has 0 unspecified atom stereocenters. The van der Waals surface area contributed by atoms with Crippen LogP contribution in [0.4, 0.5) is 4.79 Å². The Morgan fingerprint density at radius 2 is 1.95 bits per heavy atom. The summed E-state index contributed by atoms with van der Waals surface area (Å²) in [7, 11) is 1.57. The Kier molecular flexibility index (Phi) is 4.82. The van der Waals surface area contributed by atoms with Gasteiger partial charge in [-0.2, -0.15) is 0 Å². The average molecular weight is 286 g/mol. The van der Waals surface area contributed by atoms with Gasteiger partial charge >= 0.3 is 6.09 Å². The maximum atomic E-state index is 11.1. The lowest BCUT2D eigenvalue weighted by Crippen LogP contribution is -2.52. The number of nitrogens with two attached hydrogens (primary N) is 1. The molecule has 2 N–H and O–H groups in total. The molecule has 19 heavy (non-hydrogen) atoms. The molecule has 0 aliphatic carbocycles. The van der Waals surface area contributed by atoms with E-state index >= 15 is 0 Å². The van der Waals surface area contributed by atoms with Gasteiger partial charge in [-0.3, -0.25) is 0 Å². The van der Waals surface area contributed by atoms with E-state index in [4.69, 9.17) is 26.8 Å². The van der Waals surface area contributed by atoms with Gasteiger partial charge in [0.05, 0.1) is 0 Å². The summed E-state index contributed by atoms with van der Waals surface area (Å²) in [6.07, 6.45) is -0.264. The Morgan fingerprint density at radius 3 is 2.37 bits per heavy atom. The highest BCUT2D eigenvalue weighted by molar-refractivity contribution is 6.31. The fraction of sp³-hybridized carbons (Fsp3) is 0.500. The molecule has 1 atom stereocenters. The van der Waals surface area contributed by atoms with Gasteiger partial charge in [-0.25, -0.2) is 4.79 Å². The third kappa shape index (κ3) is 2.85. The standard InChI is InChI=1S/C14H20ClNO3/c1-5-14(18-4,13(2,3)19-12(16)17)10-8-6-7-9-11(10)15/h6-9H,5H2,1-4H3,(H2,16,17)/t14-/m0/s1. The zero-order valence-electron chi connectivity index (χ0n) is 11.7. The Hall–Kier alpha value is -1.26.